The second kappa shape index (κ2) is 8.46. The molecule has 1 saturated heterocycles. The van der Waals surface area contributed by atoms with Gasteiger partial charge in [-0.25, -0.2) is 8.42 Å². The molecule has 2 aromatic carbocycles. The minimum absolute atomic E-state index is 0.0635. The van der Waals surface area contributed by atoms with Gasteiger partial charge in [-0.3, -0.25) is 14.9 Å². The lowest BCUT2D eigenvalue weighted by molar-refractivity contribution is -0.118. The van der Waals surface area contributed by atoms with Crippen LogP contribution >= 0.6 is 23.4 Å². The average molecular weight is 446 g/mol. The number of halogens is 1. The first-order valence-electron chi connectivity index (χ1n) is 8.52. The number of amides is 2. The summed E-state index contributed by atoms with van der Waals surface area (Å²) in [6.07, 6.45) is 3.75. The van der Waals surface area contributed by atoms with Crippen molar-refractivity contribution >= 4 is 50.4 Å². The zero-order valence-corrected chi connectivity index (χ0v) is 17.7. The van der Waals surface area contributed by atoms with Crippen LogP contribution in [-0.4, -0.2) is 23.6 Å². The topological polar surface area (TPSA) is 80.3 Å². The number of nitrogens with one attached hydrogen (secondary N) is 1. The van der Waals surface area contributed by atoms with Gasteiger partial charge in [0.05, 0.1) is 4.90 Å². The molecule has 1 aliphatic rings. The highest BCUT2D eigenvalue weighted by Crippen LogP contribution is 2.40. The van der Waals surface area contributed by atoms with Crippen LogP contribution in [0.2, 0.25) is 5.02 Å². The van der Waals surface area contributed by atoms with E-state index in [2.05, 4.69) is 11.8 Å². The number of sulfone groups is 1. The highest BCUT2D eigenvalue weighted by molar-refractivity contribution is 8.25. The summed E-state index contributed by atoms with van der Waals surface area (Å²) in [5, 5.41) is 1.92. The maximum Gasteiger partial charge on any atom is 0.288 e. The largest absolute Gasteiger partial charge is 0.288 e. The molecule has 5 nitrogen and oxygen atoms in total. The van der Waals surface area contributed by atoms with E-state index in [1.165, 1.54) is 12.1 Å². The lowest BCUT2D eigenvalue weighted by Gasteiger charge is -2.18. The van der Waals surface area contributed by atoms with Crippen LogP contribution in [0.3, 0.4) is 0 Å². The molecule has 1 N–H and O–H groups in total. The molecule has 0 aliphatic carbocycles. The summed E-state index contributed by atoms with van der Waals surface area (Å²) in [6, 6.07) is 13.2. The number of hydrogen-bond acceptors (Lipinski definition) is 5. The SMILES string of the molecule is Cc1ccc(S(=O)(=O)C2(C#CCC=Cc3ccc(Cl)cc3)SC(=O)NC2=O)cc1. The molecule has 29 heavy (non-hydrogen) atoms. The molecule has 1 atom stereocenters. The zero-order chi connectivity index (χ0) is 21.1. The van der Waals surface area contributed by atoms with Gasteiger partial charge in [0.25, 0.3) is 15.2 Å². The minimum Gasteiger partial charge on any atom is -0.284 e. The normalized spacial score (nSPS) is 19.1. The molecule has 1 heterocycles. The number of benzene rings is 2. The van der Waals surface area contributed by atoms with Gasteiger partial charge in [0.15, 0.2) is 0 Å². The number of allylic oxidation sites excluding steroid dienone is 1. The van der Waals surface area contributed by atoms with Gasteiger partial charge < -0.3 is 0 Å². The van der Waals surface area contributed by atoms with Gasteiger partial charge in [0.2, 0.25) is 9.84 Å². The molecule has 0 radical (unpaired) electrons. The van der Waals surface area contributed by atoms with Crippen molar-refractivity contribution in [2.24, 2.45) is 0 Å². The molecular formula is C21H16ClNO4S2. The summed E-state index contributed by atoms with van der Waals surface area (Å²) in [7, 11) is -4.23. The molecule has 0 saturated carbocycles. The van der Waals surface area contributed by atoms with Crippen LogP contribution in [0.1, 0.15) is 17.5 Å². The van der Waals surface area contributed by atoms with Gasteiger partial charge in [-0.15, -0.1) is 0 Å². The molecule has 2 amide bonds. The Labute approximate surface area is 178 Å². The molecule has 0 aromatic heterocycles. The first-order valence-corrected chi connectivity index (χ1v) is 11.2. The Morgan fingerprint density at radius 2 is 1.76 bits per heavy atom. The van der Waals surface area contributed by atoms with Crippen molar-refractivity contribution in [2.45, 2.75) is 22.3 Å². The van der Waals surface area contributed by atoms with E-state index in [-0.39, 0.29) is 11.3 Å². The third-order valence-corrected chi connectivity index (χ3v) is 8.07. The van der Waals surface area contributed by atoms with E-state index in [0.29, 0.717) is 16.8 Å². The quantitative estimate of drug-likeness (QED) is 0.713. The molecule has 1 unspecified atom stereocenters. The fourth-order valence-electron chi connectivity index (χ4n) is 2.58. The van der Waals surface area contributed by atoms with Crippen molar-refractivity contribution in [1.82, 2.24) is 5.32 Å². The van der Waals surface area contributed by atoms with Crippen LogP contribution in [0, 0.1) is 18.8 Å². The standard InChI is InChI=1S/C21H16ClNO4S2/c1-15-6-12-18(13-7-15)29(26,27)21(19(24)23-20(25)28-21)14-4-2-3-5-16-8-10-17(22)11-9-16/h3,5-13H,2H2,1H3,(H,23,24,25). The number of rotatable bonds is 4. The van der Waals surface area contributed by atoms with E-state index in [1.54, 1.807) is 36.4 Å². The van der Waals surface area contributed by atoms with E-state index < -0.39 is 25.1 Å². The van der Waals surface area contributed by atoms with Crippen LogP contribution in [0.15, 0.2) is 59.5 Å². The first-order chi connectivity index (χ1) is 13.7. The van der Waals surface area contributed by atoms with Crippen LogP contribution in [0.25, 0.3) is 6.08 Å². The highest BCUT2D eigenvalue weighted by Gasteiger charge is 2.58. The van der Waals surface area contributed by atoms with Gasteiger partial charge in [-0.1, -0.05) is 65.4 Å². The fraction of sp³-hybridized carbons (Fsp3) is 0.143. The van der Waals surface area contributed by atoms with Crippen molar-refractivity contribution in [3.63, 3.8) is 0 Å². The predicted molar refractivity (Wildman–Crippen MR) is 115 cm³/mol. The number of carbonyl (C=O) groups excluding carboxylic acids is 2. The highest BCUT2D eigenvalue weighted by atomic mass is 35.5. The minimum atomic E-state index is -4.23. The predicted octanol–water partition coefficient (Wildman–Crippen LogP) is 4.21. The summed E-state index contributed by atoms with van der Waals surface area (Å²) < 4.78 is 24.1. The number of hydrogen-bond donors (Lipinski definition) is 1. The van der Waals surface area contributed by atoms with Gasteiger partial charge in [-0.05, 0) is 48.5 Å². The van der Waals surface area contributed by atoms with Crippen molar-refractivity contribution in [3.8, 4) is 11.8 Å². The molecule has 3 rings (SSSR count). The van der Waals surface area contributed by atoms with Crippen molar-refractivity contribution in [1.29, 1.82) is 0 Å². The lowest BCUT2D eigenvalue weighted by Crippen LogP contribution is -2.42. The second-order valence-electron chi connectivity index (χ2n) is 6.24. The summed E-state index contributed by atoms with van der Waals surface area (Å²) in [4.78, 5) is 24.2. The number of thioether (sulfide) groups is 1. The monoisotopic (exact) mass is 445 g/mol. The number of carbonyl (C=O) groups is 2. The third-order valence-electron chi connectivity index (χ3n) is 4.11. The number of aryl methyl sites for hydroxylation is 1. The Hall–Kier alpha value is -2.53. The van der Waals surface area contributed by atoms with Crippen LogP contribution in [-0.2, 0) is 14.6 Å². The smallest absolute Gasteiger partial charge is 0.284 e. The van der Waals surface area contributed by atoms with Gasteiger partial charge in [0.1, 0.15) is 0 Å². The molecule has 1 aliphatic heterocycles. The van der Waals surface area contributed by atoms with Gasteiger partial charge >= 0.3 is 0 Å². The van der Waals surface area contributed by atoms with E-state index in [9.17, 15) is 18.0 Å². The molecule has 8 heteroatoms. The molecular weight excluding hydrogens is 430 g/mol. The van der Waals surface area contributed by atoms with Crippen LogP contribution in [0.5, 0.6) is 0 Å². The third kappa shape index (κ3) is 4.40. The Morgan fingerprint density at radius 1 is 1.10 bits per heavy atom. The maximum atomic E-state index is 13.2. The van der Waals surface area contributed by atoms with E-state index in [1.807, 2.05) is 24.4 Å². The van der Waals surface area contributed by atoms with Crippen molar-refractivity contribution in [2.75, 3.05) is 0 Å². The Balaban J connectivity index is 1.90. The fourth-order valence-corrected chi connectivity index (χ4v) is 5.66. The Kier molecular flexibility index (Phi) is 6.18. The summed E-state index contributed by atoms with van der Waals surface area (Å²) in [5.74, 6) is 4.31. The summed E-state index contributed by atoms with van der Waals surface area (Å²) >= 11 is 6.22. The Morgan fingerprint density at radius 3 is 2.34 bits per heavy atom. The number of imide groups is 1. The van der Waals surface area contributed by atoms with Crippen molar-refractivity contribution < 1.29 is 18.0 Å². The van der Waals surface area contributed by atoms with E-state index >= 15 is 0 Å². The van der Waals surface area contributed by atoms with E-state index in [4.69, 9.17) is 11.6 Å². The van der Waals surface area contributed by atoms with E-state index in [0.717, 1.165) is 11.1 Å². The summed E-state index contributed by atoms with van der Waals surface area (Å²) in [5.41, 5.74) is 1.78. The molecule has 0 spiro atoms. The maximum absolute atomic E-state index is 13.2. The zero-order valence-electron chi connectivity index (χ0n) is 15.3. The molecule has 148 valence electrons. The van der Waals surface area contributed by atoms with Gasteiger partial charge in [-0.2, -0.15) is 0 Å². The van der Waals surface area contributed by atoms with Crippen molar-refractivity contribution in [3.05, 3.63) is 70.8 Å². The Bertz CT molecular complexity index is 1140. The summed E-state index contributed by atoms with van der Waals surface area (Å²) in [6.45, 7) is 1.82. The van der Waals surface area contributed by atoms with Crippen LogP contribution < -0.4 is 5.32 Å². The first kappa shape index (κ1) is 21.2. The molecule has 0 bridgehead atoms. The molecule has 2 aromatic rings. The lowest BCUT2D eigenvalue weighted by atomic mass is 10.2. The average Bonchev–Trinajstić information content (AvgIpc) is 2.98. The van der Waals surface area contributed by atoms with Gasteiger partial charge in [0, 0.05) is 11.4 Å². The molecule has 1 fully saturated rings. The second-order valence-corrected chi connectivity index (χ2v) is 10.2. The van der Waals surface area contributed by atoms with Crippen LogP contribution in [0.4, 0.5) is 4.79 Å².